The van der Waals surface area contributed by atoms with E-state index in [1.54, 1.807) is 0 Å². The number of hydrogen-bond donors (Lipinski definition) is 0. The van der Waals surface area contributed by atoms with Crippen molar-refractivity contribution in [3.8, 4) is 0 Å². The fourth-order valence-corrected chi connectivity index (χ4v) is 6.63. The van der Waals surface area contributed by atoms with Crippen LogP contribution in [0.3, 0.4) is 0 Å². The van der Waals surface area contributed by atoms with Crippen LogP contribution in [0.1, 0.15) is 246 Å². The number of ether oxygens (including phenoxy) is 3. The Morgan fingerprint density at radius 2 is 0.647 bits per heavy atom. The number of unbranched alkanes of at least 4 members (excludes halogenated alkanes) is 27. The van der Waals surface area contributed by atoms with E-state index in [0.29, 0.717) is 19.3 Å². The zero-order valence-corrected chi connectivity index (χ0v) is 34.6. The lowest BCUT2D eigenvalue weighted by Gasteiger charge is -2.18. The van der Waals surface area contributed by atoms with Gasteiger partial charge in [0.15, 0.2) is 6.10 Å². The van der Waals surface area contributed by atoms with Crippen LogP contribution in [0.15, 0.2) is 0 Å². The third-order valence-electron chi connectivity index (χ3n) is 10.0. The molecular weight excluding hydrogens is 636 g/mol. The number of esters is 3. The molecule has 0 aromatic carbocycles. The Balaban J connectivity index is 4.32. The molecule has 0 aliphatic rings. The summed E-state index contributed by atoms with van der Waals surface area (Å²) in [6.45, 7) is 8.96. The summed E-state index contributed by atoms with van der Waals surface area (Å²) >= 11 is 0. The predicted octanol–water partition coefficient (Wildman–Crippen LogP) is 13.9. The molecule has 0 amide bonds. The van der Waals surface area contributed by atoms with Gasteiger partial charge in [0.2, 0.25) is 0 Å². The highest BCUT2D eigenvalue weighted by atomic mass is 16.6. The quantitative estimate of drug-likeness (QED) is 0.0356. The van der Waals surface area contributed by atoms with Gasteiger partial charge in [-0.1, -0.05) is 207 Å². The second-order valence-electron chi connectivity index (χ2n) is 15.8. The Labute approximate surface area is 317 Å². The zero-order valence-electron chi connectivity index (χ0n) is 34.6. The first kappa shape index (κ1) is 49.4. The largest absolute Gasteiger partial charge is 0.462 e. The number of rotatable bonds is 40. The van der Waals surface area contributed by atoms with Crippen LogP contribution in [0.2, 0.25) is 0 Å². The third kappa shape index (κ3) is 39.5. The molecule has 6 nitrogen and oxygen atoms in total. The van der Waals surface area contributed by atoms with E-state index in [4.69, 9.17) is 14.2 Å². The monoisotopic (exact) mass is 723 g/mol. The molecule has 0 spiro atoms. The molecule has 1 atom stereocenters. The Hall–Kier alpha value is -1.59. The van der Waals surface area contributed by atoms with Gasteiger partial charge in [-0.2, -0.15) is 0 Å². The van der Waals surface area contributed by atoms with Crippen LogP contribution in [0.5, 0.6) is 0 Å². The summed E-state index contributed by atoms with van der Waals surface area (Å²) in [5.74, 6) is -0.0421. The lowest BCUT2D eigenvalue weighted by atomic mass is 10.0. The Morgan fingerprint density at radius 1 is 0.373 bits per heavy atom. The van der Waals surface area contributed by atoms with E-state index < -0.39 is 6.10 Å². The molecule has 0 saturated carbocycles. The van der Waals surface area contributed by atoms with E-state index in [1.807, 2.05) is 0 Å². The number of carbonyl (C=O) groups is 3. The highest BCUT2D eigenvalue weighted by molar-refractivity contribution is 5.71. The molecule has 0 saturated heterocycles. The molecule has 0 heterocycles. The summed E-state index contributed by atoms with van der Waals surface area (Å²) in [4.78, 5) is 37.6. The van der Waals surface area contributed by atoms with Crippen molar-refractivity contribution in [2.45, 2.75) is 252 Å². The van der Waals surface area contributed by atoms with E-state index in [-0.39, 0.29) is 31.1 Å². The molecule has 302 valence electrons. The standard InChI is InChI=1S/C45H86O6/c1-5-7-9-11-13-15-16-21-25-29-33-37-44(47)50-40-42(39-49-43(46)36-32-28-24-19-14-12-10-8-6-2)51-45(48)38-34-30-26-22-18-17-20-23-27-31-35-41(3)4/h41-42H,5-40H2,1-4H3/t42-/m1/s1. The Morgan fingerprint density at radius 3 is 0.961 bits per heavy atom. The van der Waals surface area contributed by atoms with Crippen LogP contribution in [0, 0.1) is 5.92 Å². The van der Waals surface area contributed by atoms with Crippen molar-refractivity contribution < 1.29 is 28.6 Å². The topological polar surface area (TPSA) is 78.9 Å². The van der Waals surface area contributed by atoms with Crippen molar-refractivity contribution in [1.29, 1.82) is 0 Å². The number of hydrogen-bond acceptors (Lipinski definition) is 6. The zero-order chi connectivity index (χ0) is 37.5. The van der Waals surface area contributed by atoms with Gasteiger partial charge in [-0.15, -0.1) is 0 Å². The molecule has 0 aliphatic heterocycles. The number of carbonyl (C=O) groups excluding carboxylic acids is 3. The summed E-state index contributed by atoms with van der Waals surface area (Å²) in [6.07, 6.45) is 38.0. The minimum absolute atomic E-state index is 0.0641. The highest BCUT2D eigenvalue weighted by Crippen LogP contribution is 2.16. The lowest BCUT2D eigenvalue weighted by Crippen LogP contribution is -2.30. The van der Waals surface area contributed by atoms with E-state index in [9.17, 15) is 14.4 Å². The van der Waals surface area contributed by atoms with Gasteiger partial charge in [-0.25, -0.2) is 0 Å². The average molecular weight is 723 g/mol. The van der Waals surface area contributed by atoms with Crippen molar-refractivity contribution in [1.82, 2.24) is 0 Å². The molecule has 6 heteroatoms. The van der Waals surface area contributed by atoms with Crippen LogP contribution < -0.4 is 0 Å². The summed E-state index contributed by atoms with van der Waals surface area (Å²) in [5, 5.41) is 0. The highest BCUT2D eigenvalue weighted by Gasteiger charge is 2.19. The Bertz CT molecular complexity index is 766. The minimum Gasteiger partial charge on any atom is -0.462 e. The first-order valence-electron chi connectivity index (χ1n) is 22.4. The average Bonchev–Trinajstić information content (AvgIpc) is 3.11. The van der Waals surface area contributed by atoms with E-state index in [0.717, 1.165) is 63.7 Å². The fraction of sp³-hybridized carbons (Fsp3) is 0.933. The van der Waals surface area contributed by atoms with Gasteiger partial charge >= 0.3 is 17.9 Å². The van der Waals surface area contributed by atoms with Gasteiger partial charge in [0.1, 0.15) is 13.2 Å². The van der Waals surface area contributed by atoms with Crippen LogP contribution in [0.25, 0.3) is 0 Å². The van der Waals surface area contributed by atoms with Crippen molar-refractivity contribution >= 4 is 17.9 Å². The molecule has 0 unspecified atom stereocenters. The van der Waals surface area contributed by atoms with Gasteiger partial charge in [-0.3, -0.25) is 14.4 Å². The van der Waals surface area contributed by atoms with Crippen LogP contribution in [0.4, 0.5) is 0 Å². The first-order valence-corrected chi connectivity index (χ1v) is 22.4. The van der Waals surface area contributed by atoms with Gasteiger partial charge in [0, 0.05) is 19.3 Å². The van der Waals surface area contributed by atoms with E-state index >= 15 is 0 Å². The maximum Gasteiger partial charge on any atom is 0.306 e. The predicted molar refractivity (Wildman–Crippen MR) is 215 cm³/mol. The molecular formula is C45H86O6. The van der Waals surface area contributed by atoms with Crippen LogP contribution >= 0.6 is 0 Å². The molecule has 0 N–H and O–H groups in total. The lowest BCUT2D eigenvalue weighted by molar-refractivity contribution is -0.167. The second-order valence-corrected chi connectivity index (χ2v) is 15.8. The fourth-order valence-electron chi connectivity index (χ4n) is 6.63. The normalized spacial score (nSPS) is 11.9. The molecule has 0 aromatic heterocycles. The molecule has 0 aromatic rings. The molecule has 0 radical (unpaired) electrons. The summed E-state index contributed by atoms with van der Waals surface area (Å²) in [6, 6.07) is 0. The summed E-state index contributed by atoms with van der Waals surface area (Å²) < 4.78 is 16.7. The van der Waals surface area contributed by atoms with E-state index in [2.05, 4.69) is 27.7 Å². The molecule has 0 rings (SSSR count). The second kappa shape index (κ2) is 39.6. The van der Waals surface area contributed by atoms with Gasteiger partial charge in [-0.05, 0) is 25.2 Å². The van der Waals surface area contributed by atoms with Crippen molar-refractivity contribution in [2.24, 2.45) is 5.92 Å². The van der Waals surface area contributed by atoms with Crippen LogP contribution in [-0.4, -0.2) is 37.2 Å². The van der Waals surface area contributed by atoms with Gasteiger partial charge < -0.3 is 14.2 Å². The smallest absolute Gasteiger partial charge is 0.306 e. The third-order valence-corrected chi connectivity index (χ3v) is 10.0. The van der Waals surface area contributed by atoms with Gasteiger partial charge in [0.05, 0.1) is 0 Å². The van der Waals surface area contributed by atoms with Gasteiger partial charge in [0.25, 0.3) is 0 Å². The van der Waals surface area contributed by atoms with Crippen LogP contribution in [-0.2, 0) is 28.6 Å². The first-order chi connectivity index (χ1) is 24.9. The van der Waals surface area contributed by atoms with Crippen molar-refractivity contribution in [2.75, 3.05) is 13.2 Å². The van der Waals surface area contributed by atoms with E-state index in [1.165, 1.54) is 141 Å². The SMILES string of the molecule is CCCCCCCCCCCCCC(=O)OC[C@@H](COC(=O)CCCCCCCCCCC)OC(=O)CCCCCCCCCCCCC(C)C. The van der Waals surface area contributed by atoms with Crippen molar-refractivity contribution in [3.05, 3.63) is 0 Å². The molecule has 0 aliphatic carbocycles. The molecule has 51 heavy (non-hydrogen) atoms. The molecule has 0 bridgehead atoms. The summed E-state index contributed by atoms with van der Waals surface area (Å²) in [5.41, 5.74) is 0. The Kier molecular flexibility index (Phi) is 38.4. The maximum absolute atomic E-state index is 12.7. The maximum atomic E-state index is 12.7. The summed E-state index contributed by atoms with van der Waals surface area (Å²) in [7, 11) is 0. The van der Waals surface area contributed by atoms with Crippen molar-refractivity contribution in [3.63, 3.8) is 0 Å². The molecule has 0 fully saturated rings. The minimum atomic E-state index is -0.758.